The van der Waals surface area contributed by atoms with Crippen molar-refractivity contribution in [3.05, 3.63) is 66.3 Å². The van der Waals surface area contributed by atoms with E-state index >= 15 is 0 Å². The van der Waals surface area contributed by atoms with Crippen molar-refractivity contribution in [1.29, 1.82) is 0 Å². The molecular formula is C22H21FN6O. The van der Waals surface area contributed by atoms with Gasteiger partial charge in [0.1, 0.15) is 5.82 Å². The van der Waals surface area contributed by atoms with Gasteiger partial charge in [0.05, 0.1) is 25.0 Å². The molecule has 0 bridgehead atoms. The predicted molar refractivity (Wildman–Crippen MR) is 109 cm³/mol. The van der Waals surface area contributed by atoms with E-state index in [9.17, 15) is 9.18 Å². The number of aryl methyl sites for hydroxylation is 1. The summed E-state index contributed by atoms with van der Waals surface area (Å²) in [6.45, 7) is 2.50. The van der Waals surface area contributed by atoms with E-state index in [1.165, 1.54) is 0 Å². The lowest BCUT2D eigenvalue weighted by Crippen LogP contribution is -2.41. The third-order valence-electron chi connectivity index (χ3n) is 5.85. The van der Waals surface area contributed by atoms with Gasteiger partial charge in [0.15, 0.2) is 11.6 Å². The third-order valence-corrected chi connectivity index (χ3v) is 5.85. The summed E-state index contributed by atoms with van der Waals surface area (Å²) >= 11 is 0. The molecule has 1 aromatic carbocycles. The highest BCUT2D eigenvalue weighted by atomic mass is 19.1. The summed E-state index contributed by atoms with van der Waals surface area (Å²) in [6, 6.07) is 7.62. The zero-order valence-corrected chi connectivity index (χ0v) is 16.5. The van der Waals surface area contributed by atoms with Crippen LogP contribution in [-0.2, 0) is 11.3 Å². The molecule has 3 aromatic rings. The molecule has 1 saturated carbocycles. The highest BCUT2D eigenvalue weighted by Gasteiger charge is 2.54. The van der Waals surface area contributed by atoms with Gasteiger partial charge in [-0.2, -0.15) is 0 Å². The van der Waals surface area contributed by atoms with Crippen LogP contribution in [0.3, 0.4) is 0 Å². The highest BCUT2D eigenvalue weighted by Crippen LogP contribution is 2.48. The maximum atomic E-state index is 13.2. The van der Waals surface area contributed by atoms with Crippen LogP contribution in [0.2, 0.25) is 0 Å². The Kier molecular flexibility index (Phi) is 4.71. The number of anilines is 1. The molecule has 0 spiro atoms. The molecule has 30 heavy (non-hydrogen) atoms. The number of nitrogens with zero attached hydrogens (tertiary/aromatic N) is 5. The molecular weight excluding hydrogens is 383 g/mol. The smallest absolute Gasteiger partial charge is 0.241 e. The van der Waals surface area contributed by atoms with Crippen molar-refractivity contribution in [3.63, 3.8) is 0 Å². The second-order valence-corrected chi connectivity index (χ2v) is 7.90. The number of hydrogen-bond acceptors (Lipinski definition) is 6. The first-order chi connectivity index (χ1) is 14.6. The number of halogens is 1. The number of piperidine rings is 1. The van der Waals surface area contributed by atoms with Crippen LogP contribution in [0.25, 0.3) is 11.4 Å². The molecule has 1 N–H and O–H groups in total. The Bertz CT molecular complexity index is 1070. The molecule has 1 amide bonds. The maximum Gasteiger partial charge on any atom is 0.241 e. The second-order valence-electron chi connectivity index (χ2n) is 7.90. The van der Waals surface area contributed by atoms with E-state index in [4.69, 9.17) is 0 Å². The number of nitrogens with one attached hydrogen (secondary N) is 1. The largest absolute Gasteiger partial charge is 0.325 e. The van der Waals surface area contributed by atoms with Crippen molar-refractivity contribution in [2.75, 3.05) is 5.32 Å². The van der Waals surface area contributed by atoms with Crippen molar-refractivity contribution in [3.8, 4) is 11.4 Å². The van der Waals surface area contributed by atoms with Crippen LogP contribution in [-0.4, -0.2) is 42.8 Å². The summed E-state index contributed by atoms with van der Waals surface area (Å²) in [5, 5.41) is 3.04. The van der Waals surface area contributed by atoms with Gasteiger partial charge in [-0.3, -0.25) is 9.69 Å². The van der Waals surface area contributed by atoms with Gasteiger partial charge in [0.25, 0.3) is 0 Å². The van der Waals surface area contributed by atoms with Crippen LogP contribution in [0.4, 0.5) is 10.1 Å². The minimum Gasteiger partial charge on any atom is -0.325 e. The van der Waals surface area contributed by atoms with Gasteiger partial charge < -0.3 is 5.32 Å². The van der Waals surface area contributed by atoms with Crippen molar-refractivity contribution in [1.82, 2.24) is 24.8 Å². The van der Waals surface area contributed by atoms with Gasteiger partial charge in [-0.05, 0) is 49.4 Å². The Labute approximate surface area is 173 Å². The van der Waals surface area contributed by atoms with E-state index in [-0.39, 0.29) is 11.9 Å². The summed E-state index contributed by atoms with van der Waals surface area (Å²) in [4.78, 5) is 32.0. The van der Waals surface area contributed by atoms with Gasteiger partial charge in [0.2, 0.25) is 5.91 Å². The molecule has 1 aliphatic carbocycles. The van der Waals surface area contributed by atoms with E-state index in [0.717, 1.165) is 42.2 Å². The molecule has 0 unspecified atom stereocenters. The molecule has 2 fully saturated rings. The lowest BCUT2D eigenvalue weighted by atomic mass is 10.1. The van der Waals surface area contributed by atoms with Gasteiger partial charge in [-0.25, -0.2) is 24.3 Å². The molecule has 2 aliphatic rings. The minimum atomic E-state index is -0.483. The quantitative estimate of drug-likeness (QED) is 0.704. The number of fused-ring (bicyclic) bond motifs is 1. The molecule has 0 radical (unpaired) electrons. The van der Waals surface area contributed by atoms with Gasteiger partial charge in [-0.15, -0.1) is 0 Å². The lowest BCUT2D eigenvalue weighted by molar-refractivity contribution is -0.121. The van der Waals surface area contributed by atoms with Crippen LogP contribution >= 0.6 is 0 Å². The molecule has 3 atom stereocenters. The summed E-state index contributed by atoms with van der Waals surface area (Å²) in [6.07, 6.45) is 7.71. The molecule has 1 aliphatic heterocycles. The zero-order chi connectivity index (χ0) is 20.7. The Balaban J connectivity index is 1.33. The number of hydrogen-bond donors (Lipinski definition) is 1. The molecule has 8 heteroatoms. The van der Waals surface area contributed by atoms with Crippen molar-refractivity contribution in [2.24, 2.45) is 5.92 Å². The average molecular weight is 404 g/mol. The number of carbonyl (C=O) groups is 1. The minimum absolute atomic E-state index is 0.0343. The van der Waals surface area contributed by atoms with Crippen molar-refractivity contribution in [2.45, 2.75) is 38.4 Å². The first-order valence-corrected chi connectivity index (χ1v) is 9.99. The Morgan fingerprint density at radius 2 is 1.93 bits per heavy atom. The Hall–Kier alpha value is -3.26. The van der Waals surface area contributed by atoms with Crippen LogP contribution < -0.4 is 5.32 Å². The average Bonchev–Trinajstić information content (AvgIpc) is 3.44. The summed E-state index contributed by atoms with van der Waals surface area (Å²) in [5.74, 6) is 1.21. The first kappa shape index (κ1) is 18.7. The zero-order valence-electron chi connectivity index (χ0n) is 16.5. The van der Waals surface area contributed by atoms with Crippen LogP contribution in [0.1, 0.15) is 24.2 Å². The van der Waals surface area contributed by atoms with Gasteiger partial charge in [0, 0.05) is 29.7 Å². The Morgan fingerprint density at radius 1 is 1.17 bits per heavy atom. The summed E-state index contributed by atoms with van der Waals surface area (Å²) in [5.41, 5.74) is 2.38. The number of rotatable bonds is 5. The summed E-state index contributed by atoms with van der Waals surface area (Å²) < 4.78 is 13.2. The first-order valence-electron chi connectivity index (χ1n) is 9.99. The fourth-order valence-electron chi connectivity index (χ4n) is 4.22. The van der Waals surface area contributed by atoms with Gasteiger partial charge >= 0.3 is 0 Å². The van der Waals surface area contributed by atoms with E-state index in [0.29, 0.717) is 30.0 Å². The molecule has 152 valence electrons. The number of benzene rings is 1. The standard InChI is InChI=1S/C22H21FN6O/c1-13-3-4-16(9-17(13)21-26-10-15(23)11-27-21)28-22(30)19-8-14-7-18(14)29(19)12-20-24-5-2-6-25-20/h2-6,9-11,14,18-19H,7-8,12H2,1H3,(H,28,30)/t14-,18-,19-/m0/s1. The van der Waals surface area contributed by atoms with Crippen LogP contribution in [0.5, 0.6) is 0 Å². The molecule has 2 aromatic heterocycles. The fourth-order valence-corrected chi connectivity index (χ4v) is 4.22. The SMILES string of the molecule is Cc1ccc(NC(=O)[C@@H]2C[C@@H]3C[C@@H]3N2Cc2ncccn2)cc1-c1ncc(F)cn1. The third kappa shape index (κ3) is 3.66. The summed E-state index contributed by atoms with van der Waals surface area (Å²) in [7, 11) is 0. The van der Waals surface area contributed by atoms with Crippen molar-refractivity contribution < 1.29 is 9.18 Å². The number of likely N-dealkylation sites (tertiary alicyclic amines) is 1. The monoisotopic (exact) mass is 404 g/mol. The van der Waals surface area contributed by atoms with E-state index in [2.05, 4.69) is 30.2 Å². The van der Waals surface area contributed by atoms with Crippen molar-refractivity contribution >= 4 is 11.6 Å². The predicted octanol–water partition coefficient (Wildman–Crippen LogP) is 2.98. The van der Waals surface area contributed by atoms with E-state index in [1.807, 2.05) is 25.1 Å². The molecule has 3 heterocycles. The lowest BCUT2D eigenvalue weighted by Gasteiger charge is -2.26. The van der Waals surface area contributed by atoms with Crippen LogP contribution in [0.15, 0.2) is 49.1 Å². The highest BCUT2D eigenvalue weighted by molar-refractivity contribution is 5.95. The number of carbonyl (C=O) groups excluding carboxylic acids is 1. The normalized spacial score (nSPS) is 22.5. The Morgan fingerprint density at radius 3 is 2.70 bits per heavy atom. The topological polar surface area (TPSA) is 83.9 Å². The van der Waals surface area contributed by atoms with Crippen LogP contribution in [0, 0.1) is 18.7 Å². The fraction of sp³-hybridized carbons (Fsp3) is 0.318. The van der Waals surface area contributed by atoms with E-state index < -0.39 is 5.82 Å². The molecule has 1 saturated heterocycles. The second kappa shape index (κ2) is 7.53. The maximum absolute atomic E-state index is 13.2. The number of amides is 1. The van der Waals surface area contributed by atoms with E-state index in [1.54, 1.807) is 18.5 Å². The van der Waals surface area contributed by atoms with Gasteiger partial charge in [-0.1, -0.05) is 6.07 Å². The molecule has 5 rings (SSSR count). The molecule has 7 nitrogen and oxygen atoms in total. The number of aromatic nitrogens is 4.